The molecule has 6 heteroatoms. The summed E-state index contributed by atoms with van der Waals surface area (Å²) in [6.07, 6.45) is 1.42. The maximum atomic E-state index is 12.2. The lowest BCUT2D eigenvalue weighted by atomic mass is 9.97. The topological polar surface area (TPSA) is 34.1 Å². The van der Waals surface area contributed by atoms with Crippen molar-refractivity contribution in [2.24, 2.45) is 0 Å². The van der Waals surface area contributed by atoms with Gasteiger partial charge in [0.15, 0.2) is 0 Å². The van der Waals surface area contributed by atoms with Crippen LogP contribution in [0.25, 0.3) is 0 Å². The van der Waals surface area contributed by atoms with Gasteiger partial charge in [0, 0.05) is 0 Å². The van der Waals surface area contributed by atoms with Gasteiger partial charge in [0.2, 0.25) is 0 Å². The summed E-state index contributed by atoms with van der Waals surface area (Å²) in [5.41, 5.74) is -4.13. The Morgan fingerprint density at radius 2 is 1.93 bits per heavy atom. The zero-order valence-corrected chi connectivity index (χ0v) is 8.95. The van der Waals surface area contributed by atoms with Crippen molar-refractivity contribution in [2.45, 2.75) is 30.5 Å². The quantitative estimate of drug-likeness (QED) is 0.706. The first-order valence-electron chi connectivity index (χ1n) is 4.29. The molecule has 0 N–H and O–H groups in total. The van der Waals surface area contributed by atoms with E-state index < -0.39 is 20.6 Å². The molecule has 0 aliphatic heterocycles. The summed E-state index contributed by atoms with van der Waals surface area (Å²) in [6, 6.07) is 0. The lowest BCUT2D eigenvalue weighted by Gasteiger charge is -2.23. The molecular weight excluding hydrogens is 229 g/mol. The molecule has 2 nitrogen and oxygen atoms in total. The second kappa shape index (κ2) is 3.66. The van der Waals surface area contributed by atoms with Crippen LogP contribution in [0.1, 0.15) is 19.8 Å². The highest BCUT2D eigenvalue weighted by atomic mass is 32.2. The van der Waals surface area contributed by atoms with Crippen LogP contribution in [0.2, 0.25) is 0 Å². The Bertz CT molecular complexity index is 404. The van der Waals surface area contributed by atoms with Crippen LogP contribution >= 0.6 is 0 Å². The van der Waals surface area contributed by atoms with E-state index in [1.54, 1.807) is 13.0 Å². The molecule has 0 aromatic carbocycles. The predicted octanol–water partition coefficient (Wildman–Crippen LogP) is 2.59. The van der Waals surface area contributed by atoms with Gasteiger partial charge in [-0.3, -0.25) is 0 Å². The van der Waals surface area contributed by atoms with Gasteiger partial charge in [0.25, 0.3) is 9.84 Å². The van der Waals surface area contributed by atoms with E-state index in [9.17, 15) is 21.6 Å². The van der Waals surface area contributed by atoms with Gasteiger partial charge in [-0.25, -0.2) is 8.42 Å². The minimum Gasteiger partial charge on any atom is -0.219 e. The number of alkyl halides is 3. The Kier molecular flexibility index (Phi) is 3.00. The molecule has 0 radical (unpaired) electrons. The highest BCUT2D eigenvalue weighted by Crippen LogP contribution is 2.35. The van der Waals surface area contributed by atoms with Crippen LogP contribution in [0.5, 0.6) is 0 Å². The van der Waals surface area contributed by atoms with Crippen LogP contribution in [0, 0.1) is 0 Å². The summed E-state index contributed by atoms with van der Waals surface area (Å²) in [5.74, 6) is 0. The molecule has 0 aromatic heterocycles. The van der Waals surface area contributed by atoms with Crippen LogP contribution in [0.3, 0.4) is 0 Å². The van der Waals surface area contributed by atoms with Crippen molar-refractivity contribution in [1.29, 1.82) is 0 Å². The summed E-state index contributed by atoms with van der Waals surface area (Å²) in [5, 5.41) is -1.41. The fraction of sp³-hybridized carbons (Fsp3) is 0.556. The summed E-state index contributed by atoms with van der Waals surface area (Å²) in [6.45, 7) is 5.10. The molecule has 1 unspecified atom stereocenters. The number of hydrogen-bond acceptors (Lipinski definition) is 2. The van der Waals surface area contributed by atoms with Gasteiger partial charge in [-0.15, -0.1) is 0 Å². The van der Waals surface area contributed by atoms with E-state index >= 15 is 0 Å². The van der Waals surface area contributed by atoms with E-state index in [4.69, 9.17) is 0 Å². The molecule has 15 heavy (non-hydrogen) atoms. The first-order valence-corrected chi connectivity index (χ1v) is 5.84. The fourth-order valence-electron chi connectivity index (χ4n) is 1.60. The first-order chi connectivity index (χ1) is 6.64. The Balaban J connectivity index is 3.03. The Morgan fingerprint density at radius 1 is 1.40 bits per heavy atom. The highest BCUT2D eigenvalue weighted by molar-refractivity contribution is 7.92. The fourth-order valence-corrected chi connectivity index (χ4v) is 2.89. The average Bonchev–Trinajstić information content (AvgIpc) is 1.99. The molecule has 0 saturated carbocycles. The van der Waals surface area contributed by atoms with Gasteiger partial charge in [-0.1, -0.05) is 23.8 Å². The normalized spacial score (nSPS) is 23.9. The second-order valence-corrected chi connectivity index (χ2v) is 5.89. The van der Waals surface area contributed by atoms with Crippen LogP contribution in [-0.2, 0) is 9.84 Å². The molecule has 86 valence electrons. The van der Waals surface area contributed by atoms with Crippen molar-refractivity contribution in [2.75, 3.05) is 0 Å². The van der Waals surface area contributed by atoms with Crippen molar-refractivity contribution in [3.8, 4) is 0 Å². The van der Waals surface area contributed by atoms with Gasteiger partial charge < -0.3 is 0 Å². The van der Waals surface area contributed by atoms with Crippen LogP contribution in [-0.4, -0.2) is 19.2 Å². The maximum absolute atomic E-state index is 12.2. The molecule has 0 amide bonds. The molecule has 1 atom stereocenters. The monoisotopic (exact) mass is 240 g/mol. The standard InChI is InChI=1S/C9H11F3O2S/c1-6-3-7(2)5-8(4-6)15(13,14)9(10,11)12/h3,8H,1,4-5H2,2H3. The summed E-state index contributed by atoms with van der Waals surface area (Å²) in [7, 11) is -5.07. The van der Waals surface area contributed by atoms with Crippen molar-refractivity contribution >= 4 is 9.84 Å². The third kappa shape index (κ3) is 2.42. The lowest BCUT2D eigenvalue weighted by molar-refractivity contribution is -0.0445. The van der Waals surface area contributed by atoms with E-state index in [1.807, 2.05) is 0 Å². The van der Waals surface area contributed by atoms with E-state index in [0.717, 1.165) is 0 Å². The van der Waals surface area contributed by atoms with E-state index in [-0.39, 0.29) is 12.8 Å². The predicted molar refractivity (Wildman–Crippen MR) is 50.9 cm³/mol. The zero-order chi connectivity index (χ0) is 11.9. The third-order valence-electron chi connectivity index (χ3n) is 2.25. The van der Waals surface area contributed by atoms with E-state index in [2.05, 4.69) is 6.58 Å². The second-order valence-electron chi connectivity index (χ2n) is 3.67. The van der Waals surface area contributed by atoms with Crippen molar-refractivity contribution in [3.63, 3.8) is 0 Å². The Morgan fingerprint density at radius 3 is 2.33 bits per heavy atom. The molecule has 1 rings (SSSR count). The minimum absolute atomic E-state index is 0.0686. The molecule has 0 aromatic rings. The van der Waals surface area contributed by atoms with Gasteiger partial charge >= 0.3 is 5.51 Å². The number of sulfone groups is 1. The van der Waals surface area contributed by atoms with Gasteiger partial charge in [0.05, 0.1) is 5.25 Å². The van der Waals surface area contributed by atoms with Gasteiger partial charge in [0.1, 0.15) is 0 Å². The molecular formula is C9H11F3O2S. The number of halogens is 3. The Labute approximate surface area is 86.4 Å². The van der Waals surface area contributed by atoms with Crippen molar-refractivity contribution < 1.29 is 21.6 Å². The van der Waals surface area contributed by atoms with Gasteiger partial charge in [-0.2, -0.15) is 13.2 Å². The summed E-state index contributed by atoms with van der Waals surface area (Å²) < 4.78 is 58.9. The molecule has 1 aliphatic rings. The SMILES string of the molecule is C=C1C=C(C)CC(S(=O)(=O)C(F)(F)F)C1. The smallest absolute Gasteiger partial charge is 0.219 e. The van der Waals surface area contributed by atoms with Crippen molar-refractivity contribution in [1.82, 2.24) is 0 Å². The summed E-state index contributed by atoms with van der Waals surface area (Å²) in [4.78, 5) is 0. The van der Waals surface area contributed by atoms with Crippen molar-refractivity contribution in [3.05, 3.63) is 23.8 Å². The van der Waals surface area contributed by atoms with Crippen LogP contribution < -0.4 is 0 Å². The number of rotatable bonds is 1. The molecule has 0 spiro atoms. The van der Waals surface area contributed by atoms with Gasteiger partial charge in [-0.05, 0) is 19.8 Å². The largest absolute Gasteiger partial charge is 0.497 e. The van der Waals surface area contributed by atoms with E-state index in [1.165, 1.54) is 0 Å². The van der Waals surface area contributed by atoms with Crippen LogP contribution in [0.15, 0.2) is 23.8 Å². The minimum atomic E-state index is -5.17. The average molecular weight is 240 g/mol. The highest BCUT2D eigenvalue weighted by Gasteiger charge is 2.50. The molecule has 0 saturated heterocycles. The molecule has 0 fully saturated rings. The summed E-state index contributed by atoms with van der Waals surface area (Å²) >= 11 is 0. The molecule has 1 aliphatic carbocycles. The molecule has 0 heterocycles. The maximum Gasteiger partial charge on any atom is 0.497 e. The zero-order valence-electron chi connectivity index (χ0n) is 8.13. The Hall–Kier alpha value is -0.780. The lowest BCUT2D eigenvalue weighted by Crippen LogP contribution is -2.35. The first kappa shape index (κ1) is 12.3. The molecule has 0 bridgehead atoms. The van der Waals surface area contributed by atoms with Crippen LogP contribution in [0.4, 0.5) is 13.2 Å². The third-order valence-corrected chi connectivity index (χ3v) is 4.11. The number of hydrogen-bond donors (Lipinski definition) is 0. The number of allylic oxidation sites excluding steroid dienone is 3. The van der Waals surface area contributed by atoms with E-state index in [0.29, 0.717) is 11.1 Å².